The molecule has 1 atom stereocenters. The highest BCUT2D eigenvalue weighted by molar-refractivity contribution is 7.80. The first-order valence-corrected chi connectivity index (χ1v) is 6.54. The minimum absolute atomic E-state index is 0.0160. The maximum absolute atomic E-state index is 13.2. The molecule has 0 N–H and O–H groups in total. The van der Waals surface area contributed by atoms with Crippen molar-refractivity contribution in [2.45, 2.75) is 19.2 Å². The fourth-order valence-corrected chi connectivity index (χ4v) is 1.89. The molecular formula is C16H15FOS. The van der Waals surface area contributed by atoms with Gasteiger partial charge in [0.05, 0.1) is 0 Å². The molecule has 2 rings (SSSR count). The molecule has 0 spiro atoms. The highest BCUT2D eigenvalue weighted by atomic mass is 32.1. The van der Waals surface area contributed by atoms with E-state index >= 15 is 0 Å². The van der Waals surface area contributed by atoms with Crippen LogP contribution in [0.4, 0.5) is 4.39 Å². The van der Waals surface area contributed by atoms with Gasteiger partial charge < -0.3 is 4.74 Å². The second kappa shape index (κ2) is 6.43. The van der Waals surface area contributed by atoms with Gasteiger partial charge in [-0.3, -0.25) is 0 Å². The number of ether oxygens (including phenoxy) is 1. The molecule has 0 fully saturated rings. The van der Waals surface area contributed by atoms with Gasteiger partial charge >= 0.3 is 0 Å². The number of benzene rings is 2. The molecule has 0 saturated heterocycles. The fourth-order valence-electron chi connectivity index (χ4n) is 1.79. The molecule has 0 bridgehead atoms. The van der Waals surface area contributed by atoms with Crippen molar-refractivity contribution in [1.29, 1.82) is 0 Å². The molecule has 1 unspecified atom stereocenters. The SMILES string of the molecule is CC(F)C(=S)OC(c1ccccc1)c1ccccc1. The highest BCUT2D eigenvalue weighted by Crippen LogP contribution is 2.26. The van der Waals surface area contributed by atoms with Crippen LogP contribution in [0.15, 0.2) is 60.7 Å². The van der Waals surface area contributed by atoms with Gasteiger partial charge in [-0.2, -0.15) is 0 Å². The van der Waals surface area contributed by atoms with E-state index in [1.54, 1.807) is 0 Å². The summed E-state index contributed by atoms with van der Waals surface area (Å²) in [7, 11) is 0. The normalized spacial score (nSPS) is 12.2. The molecule has 98 valence electrons. The van der Waals surface area contributed by atoms with E-state index in [0.29, 0.717) is 0 Å². The van der Waals surface area contributed by atoms with Crippen LogP contribution < -0.4 is 0 Å². The van der Waals surface area contributed by atoms with Crippen molar-refractivity contribution in [3.63, 3.8) is 0 Å². The van der Waals surface area contributed by atoms with E-state index in [1.165, 1.54) is 6.92 Å². The number of hydrogen-bond acceptors (Lipinski definition) is 2. The number of halogens is 1. The van der Waals surface area contributed by atoms with Crippen LogP contribution in [0.1, 0.15) is 24.2 Å². The molecule has 0 amide bonds. The summed E-state index contributed by atoms with van der Waals surface area (Å²) < 4.78 is 18.9. The second-order valence-electron chi connectivity index (χ2n) is 4.25. The number of thiocarbonyl (C=S) groups is 1. The average molecular weight is 274 g/mol. The first kappa shape index (κ1) is 13.7. The summed E-state index contributed by atoms with van der Waals surface area (Å²) >= 11 is 4.96. The Balaban J connectivity index is 2.32. The molecule has 0 aliphatic heterocycles. The molecule has 0 heterocycles. The van der Waals surface area contributed by atoms with E-state index < -0.39 is 6.17 Å². The van der Waals surface area contributed by atoms with Crippen molar-refractivity contribution < 1.29 is 9.13 Å². The van der Waals surface area contributed by atoms with Crippen LogP contribution >= 0.6 is 12.2 Å². The van der Waals surface area contributed by atoms with Crippen molar-refractivity contribution in [2.75, 3.05) is 0 Å². The first-order valence-electron chi connectivity index (χ1n) is 6.13. The summed E-state index contributed by atoms with van der Waals surface area (Å²) in [5.74, 6) is 0. The predicted molar refractivity (Wildman–Crippen MR) is 79.0 cm³/mol. The van der Waals surface area contributed by atoms with E-state index in [1.807, 2.05) is 60.7 Å². The smallest absolute Gasteiger partial charge is 0.195 e. The van der Waals surface area contributed by atoms with Crippen molar-refractivity contribution in [1.82, 2.24) is 0 Å². The quantitative estimate of drug-likeness (QED) is 0.760. The Hall–Kier alpha value is -1.74. The van der Waals surface area contributed by atoms with Gasteiger partial charge in [0, 0.05) is 0 Å². The van der Waals surface area contributed by atoms with Gasteiger partial charge in [0.1, 0.15) is 6.10 Å². The molecule has 2 aromatic carbocycles. The minimum Gasteiger partial charge on any atom is -0.471 e. The summed E-state index contributed by atoms with van der Waals surface area (Å²) in [4.78, 5) is 0. The first-order chi connectivity index (χ1) is 9.18. The standard InChI is InChI=1S/C16H15FOS/c1-12(17)16(19)18-15(13-8-4-2-5-9-13)14-10-6-3-7-11-14/h2-12,15H,1H3. The summed E-state index contributed by atoms with van der Waals surface area (Å²) in [6, 6.07) is 19.4. The monoisotopic (exact) mass is 274 g/mol. The van der Waals surface area contributed by atoms with Crippen LogP contribution in [0, 0.1) is 0 Å². The topological polar surface area (TPSA) is 9.23 Å². The Morgan fingerprint density at radius 1 is 0.947 bits per heavy atom. The second-order valence-corrected chi connectivity index (χ2v) is 4.66. The molecule has 1 nitrogen and oxygen atoms in total. The lowest BCUT2D eigenvalue weighted by Gasteiger charge is -2.21. The Morgan fingerprint density at radius 3 is 1.74 bits per heavy atom. The summed E-state index contributed by atoms with van der Waals surface area (Å²) in [5.41, 5.74) is 1.91. The van der Waals surface area contributed by atoms with Gasteiger partial charge in [0.15, 0.2) is 11.2 Å². The van der Waals surface area contributed by atoms with E-state index in [-0.39, 0.29) is 11.2 Å². The average Bonchev–Trinajstić information content (AvgIpc) is 2.46. The van der Waals surface area contributed by atoms with E-state index in [4.69, 9.17) is 17.0 Å². The van der Waals surface area contributed by atoms with Crippen molar-refractivity contribution in [3.8, 4) is 0 Å². The summed E-state index contributed by atoms with van der Waals surface area (Å²) in [5, 5.41) is -0.0160. The molecule has 0 radical (unpaired) electrons. The van der Waals surface area contributed by atoms with Crippen LogP contribution in [0.2, 0.25) is 0 Å². The van der Waals surface area contributed by atoms with Crippen LogP contribution in [0.3, 0.4) is 0 Å². The third-order valence-corrected chi connectivity index (χ3v) is 3.18. The molecular weight excluding hydrogens is 259 g/mol. The third-order valence-electron chi connectivity index (χ3n) is 2.76. The Labute approximate surface area is 118 Å². The van der Waals surface area contributed by atoms with Gasteiger partial charge in [-0.15, -0.1) is 0 Å². The van der Waals surface area contributed by atoms with E-state index in [0.717, 1.165) is 11.1 Å². The molecule has 0 saturated carbocycles. The van der Waals surface area contributed by atoms with Gasteiger partial charge in [-0.05, 0) is 30.3 Å². The zero-order valence-corrected chi connectivity index (χ0v) is 11.4. The maximum atomic E-state index is 13.2. The number of rotatable bonds is 4. The molecule has 0 aromatic heterocycles. The van der Waals surface area contributed by atoms with Gasteiger partial charge in [-0.1, -0.05) is 60.7 Å². The van der Waals surface area contributed by atoms with Crippen molar-refractivity contribution in [2.24, 2.45) is 0 Å². The van der Waals surface area contributed by atoms with Gasteiger partial charge in [0.2, 0.25) is 0 Å². The van der Waals surface area contributed by atoms with E-state index in [2.05, 4.69) is 0 Å². The number of hydrogen-bond donors (Lipinski definition) is 0. The highest BCUT2D eigenvalue weighted by Gasteiger charge is 2.19. The zero-order valence-electron chi connectivity index (χ0n) is 10.6. The molecule has 0 aliphatic rings. The summed E-state index contributed by atoms with van der Waals surface area (Å²) in [6.07, 6.45) is -1.63. The van der Waals surface area contributed by atoms with Crippen LogP contribution in [0.25, 0.3) is 0 Å². The Bertz CT molecular complexity index is 485. The van der Waals surface area contributed by atoms with Crippen molar-refractivity contribution in [3.05, 3.63) is 71.8 Å². The lowest BCUT2D eigenvalue weighted by molar-refractivity contribution is 0.214. The third kappa shape index (κ3) is 3.61. The van der Waals surface area contributed by atoms with Crippen LogP contribution in [-0.2, 0) is 4.74 Å². The van der Waals surface area contributed by atoms with Gasteiger partial charge in [-0.25, -0.2) is 4.39 Å². The Kier molecular flexibility index (Phi) is 4.63. The molecule has 2 aromatic rings. The Morgan fingerprint density at radius 2 is 1.37 bits per heavy atom. The minimum atomic E-state index is -1.26. The summed E-state index contributed by atoms with van der Waals surface area (Å²) in [6.45, 7) is 1.38. The molecule has 19 heavy (non-hydrogen) atoms. The molecule has 3 heteroatoms. The zero-order chi connectivity index (χ0) is 13.7. The predicted octanol–water partition coefficient (Wildman–Crippen LogP) is 4.48. The lowest BCUT2D eigenvalue weighted by Crippen LogP contribution is -2.17. The van der Waals surface area contributed by atoms with Crippen LogP contribution in [0.5, 0.6) is 0 Å². The van der Waals surface area contributed by atoms with E-state index in [9.17, 15) is 4.39 Å². The lowest BCUT2D eigenvalue weighted by atomic mass is 10.0. The largest absolute Gasteiger partial charge is 0.471 e. The fraction of sp³-hybridized carbons (Fsp3) is 0.188. The van der Waals surface area contributed by atoms with Gasteiger partial charge in [0.25, 0.3) is 0 Å². The van der Waals surface area contributed by atoms with Crippen LogP contribution in [-0.4, -0.2) is 11.2 Å². The maximum Gasteiger partial charge on any atom is 0.195 e. The van der Waals surface area contributed by atoms with Crippen molar-refractivity contribution >= 4 is 17.3 Å². The molecule has 0 aliphatic carbocycles. The number of alkyl halides is 1.